The minimum absolute atomic E-state index is 0.328. The lowest BCUT2D eigenvalue weighted by atomic mass is 10.1. The Balaban J connectivity index is 2.42. The Kier molecular flexibility index (Phi) is 6.79. The molecular formula is C11H20N2O5S. The molecule has 1 unspecified atom stereocenters. The topological polar surface area (TPSA) is 95.9 Å². The Morgan fingerprint density at radius 1 is 1.42 bits per heavy atom. The van der Waals surface area contributed by atoms with Gasteiger partial charge in [-0.25, -0.2) is 9.59 Å². The number of hydrogen-bond acceptors (Lipinski definition) is 4. The molecule has 110 valence electrons. The fraction of sp³-hybridized carbons (Fsp3) is 0.818. The standard InChI is InChI=1S/C11H20N2O5S/c1-18-6-2-3-9(10(14)15)12-11(16)13-4-7-19(17)8-5-13/h9H,2-8H2,1H3,(H,12,16)(H,14,15). The zero-order valence-electron chi connectivity index (χ0n) is 11.0. The van der Waals surface area contributed by atoms with Crippen molar-refractivity contribution in [3.63, 3.8) is 0 Å². The molecule has 0 saturated carbocycles. The van der Waals surface area contributed by atoms with E-state index in [0.717, 1.165) is 0 Å². The van der Waals surface area contributed by atoms with Crippen molar-refractivity contribution in [3.05, 3.63) is 0 Å². The van der Waals surface area contributed by atoms with Crippen molar-refractivity contribution >= 4 is 22.8 Å². The molecule has 1 fully saturated rings. The molecular weight excluding hydrogens is 272 g/mol. The number of amides is 2. The van der Waals surface area contributed by atoms with Crippen LogP contribution in [0.15, 0.2) is 0 Å². The summed E-state index contributed by atoms with van der Waals surface area (Å²) in [6.45, 7) is 1.27. The number of aliphatic carboxylic acids is 1. The first kappa shape index (κ1) is 15.9. The molecule has 0 aromatic heterocycles. The van der Waals surface area contributed by atoms with E-state index < -0.39 is 28.8 Å². The number of carboxylic acid groups (broad SMARTS) is 1. The monoisotopic (exact) mass is 292 g/mol. The summed E-state index contributed by atoms with van der Waals surface area (Å²) < 4.78 is 16.0. The molecule has 2 amide bonds. The summed E-state index contributed by atoms with van der Waals surface area (Å²) in [6.07, 6.45) is 0.895. The van der Waals surface area contributed by atoms with E-state index in [-0.39, 0.29) is 0 Å². The van der Waals surface area contributed by atoms with Gasteiger partial charge in [-0.2, -0.15) is 0 Å². The second-order valence-corrected chi connectivity index (χ2v) is 6.01. The number of carbonyl (C=O) groups excluding carboxylic acids is 1. The number of ether oxygens (including phenoxy) is 1. The fourth-order valence-corrected chi connectivity index (χ4v) is 2.82. The van der Waals surface area contributed by atoms with Gasteiger partial charge in [0, 0.05) is 49.1 Å². The molecule has 0 aliphatic carbocycles. The van der Waals surface area contributed by atoms with Gasteiger partial charge < -0.3 is 20.1 Å². The Hall–Kier alpha value is -1.15. The minimum Gasteiger partial charge on any atom is -0.480 e. The van der Waals surface area contributed by atoms with E-state index in [9.17, 15) is 13.8 Å². The molecule has 1 aliphatic rings. The zero-order chi connectivity index (χ0) is 14.3. The van der Waals surface area contributed by atoms with Crippen molar-refractivity contribution in [2.75, 3.05) is 38.3 Å². The normalized spacial score (nSPS) is 18.1. The SMILES string of the molecule is COCCCC(NC(=O)N1CCS(=O)CC1)C(=O)O. The van der Waals surface area contributed by atoms with E-state index in [0.29, 0.717) is 44.0 Å². The molecule has 19 heavy (non-hydrogen) atoms. The second-order valence-electron chi connectivity index (χ2n) is 4.31. The number of methoxy groups -OCH3 is 1. The number of hydrogen-bond donors (Lipinski definition) is 2. The van der Waals surface area contributed by atoms with Crippen LogP contribution in [0.4, 0.5) is 4.79 Å². The van der Waals surface area contributed by atoms with Crippen LogP contribution in [-0.2, 0) is 20.3 Å². The van der Waals surface area contributed by atoms with E-state index in [4.69, 9.17) is 9.84 Å². The number of carboxylic acids is 1. The number of carbonyl (C=O) groups is 2. The highest BCUT2D eigenvalue weighted by atomic mass is 32.2. The third kappa shape index (κ3) is 5.56. The van der Waals surface area contributed by atoms with E-state index in [1.54, 1.807) is 7.11 Å². The molecule has 1 heterocycles. The van der Waals surface area contributed by atoms with E-state index in [1.165, 1.54) is 4.90 Å². The Bertz CT molecular complexity index is 340. The molecule has 8 heteroatoms. The Morgan fingerprint density at radius 2 is 2.05 bits per heavy atom. The Morgan fingerprint density at radius 3 is 2.58 bits per heavy atom. The van der Waals surface area contributed by atoms with Gasteiger partial charge in [0.15, 0.2) is 0 Å². The maximum absolute atomic E-state index is 11.9. The molecule has 1 aliphatic heterocycles. The van der Waals surface area contributed by atoms with Crippen LogP contribution in [0.1, 0.15) is 12.8 Å². The highest BCUT2D eigenvalue weighted by molar-refractivity contribution is 7.85. The Labute approximate surface area is 114 Å². The third-order valence-corrected chi connectivity index (χ3v) is 4.18. The molecule has 0 radical (unpaired) electrons. The molecule has 1 saturated heterocycles. The largest absolute Gasteiger partial charge is 0.480 e. The van der Waals surface area contributed by atoms with Crippen LogP contribution >= 0.6 is 0 Å². The molecule has 1 rings (SSSR count). The number of nitrogens with zero attached hydrogens (tertiary/aromatic N) is 1. The lowest BCUT2D eigenvalue weighted by Gasteiger charge is -2.28. The maximum atomic E-state index is 11.9. The molecule has 0 spiro atoms. The summed E-state index contributed by atoms with van der Waals surface area (Å²) in [6, 6.07) is -1.31. The van der Waals surface area contributed by atoms with Crippen molar-refractivity contribution in [2.24, 2.45) is 0 Å². The highest BCUT2D eigenvalue weighted by Crippen LogP contribution is 2.03. The van der Waals surface area contributed by atoms with Crippen LogP contribution in [0.2, 0.25) is 0 Å². The number of nitrogens with one attached hydrogen (secondary N) is 1. The van der Waals surface area contributed by atoms with Gasteiger partial charge in [-0.05, 0) is 12.8 Å². The summed E-state index contributed by atoms with van der Waals surface area (Å²) in [5.74, 6) is -0.144. The van der Waals surface area contributed by atoms with Gasteiger partial charge in [-0.3, -0.25) is 4.21 Å². The van der Waals surface area contributed by atoms with Crippen LogP contribution in [-0.4, -0.2) is 70.6 Å². The van der Waals surface area contributed by atoms with E-state index in [1.807, 2.05) is 0 Å². The molecule has 1 atom stereocenters. The average Bonchev–Trinajstić information content (AvgIpc) is 2.38. The smallest absolute Gasteiger partial charge is 0.326 e. The zero-order valence-corrected chi connectivity index (χ0v) is 11.8. The van der Waals surface area contributed by atoms with Crippen molar-refractivity contribution < 1.29 is 23.6 Å². The molecule has 7 nitrogen and oxygen atoms in total. The van der Waals surface area contributed by atoms with Gasteiger partial charge >= 0.3 is 12.0 Å². The minimum atomic E-state index is -1.05. The summed E-state index contributed by atoms with van der Waals surface area (Å²) in [5.41, 5.74) is 0. The quantitative estimate of drug-likeness (QED) is 0.652. The second kappa shape index (κ2) is 8.11. The van der Waals surface area contributed by atoms with Crippen LogP contribution in [0, 0.1) is 0 Å². The van der Waals surface area contributed by atoms with Gasteiger partial charge in [0.05, 0.1) is 0 Å². The predicted molar refractivity (Wildman–Crippen MR) is 70.5 cm³/mol. The van der Waals surface area contributed by atoms with E-state index in [2.05, 4.69) is 5.32 Å². The lowest BCUT2D eigenvalue weighted by molar-refractivity contribution is -0.139. The number of urea groups is 1. The van der Waals surface area contributed by atoms with Crippen LogP contribution < -0.4 is 5.32 Å². The summed E-state index contributed by atoms with van der Waals surface area (Å²) in [4.78, 5) is 24.4. The van der Waals surface area contributed by atoms with Gasteiger partial charge in [0.25, 0.3) is 0 Å². The lowest BCUT2D eigenvalue weighted by Crippen LogP contribution is -2.51. The maximum Gasteiger partial charge on any atom is 0.326 e. The third-order valence-electron chi connectivity index (χ3n) is 2.90. The van der Waals surface area contributed by atoms with Gasteiger partial charge in [0.2, 0.25) is 0 Å². The van der Waals surface area contributed by atoms with E-state index >= 15 is 0 Å². The predicted octanol–water partition coefficient (Wildman–Crippen LogP) is -0.360. The summed E-state index contributed by atoms with van der Waals surface area (Å²) in [7, 11) is 0.684. The molecule has 0 bridgehead atoms. The average molecular weight is 292 g/mol. The van der Waals surface area contributed by atoms with Gasteiger partial charge in [0.1, 0.15) is 6.04 Å². The molecule has 0 aromatic rings. The summed E-state index contributed by atoms with van der Waals surface area (Å²) >= 11 is 0. The first-order valence-corrected chi connectivity index (χ1v) is 7.65. The van der Waals surface area contributed by atoms with Gasteiger partial charge in [-0.15, -0.1) is 0 Å². The van der Waals surface area contributed by atoms with Crippen molar-refractivity contribution in [2.45, 2.75) is 18.9 Å². The fourth-order valence-electron chi connectivity index (χ4n) is 1.77. The molecule has 0 aromatic carbocycles. The summed E-state index contributed by atoms with van der Waals surface area (Å²) in [5, 5.41) is 11.5. The first-order chi connectivity index (χ1) is 9.04. The van der Waals surface area contributed by atoms with Gasteiger partial charge in [-0.1, -0.05) is 0 Å². The van der Waals surface area contributed by atoms with Crippen LogP contribution in [0.25, 0.3) is 0 Å². The van der Waals surface area contributed by atoms with Crippen molar-refractivity contribution in [3.8, 4) is 0 Å². The number of rotatable bonds is 6. The molecule has 2 N–H and O–H groups in total. The van der Waals surface area contributed by atoms with Crippen molar-refractivity contribution in [1.29, 1.82) is 0 Å². The highest BCUT2D eigenvalue weighted by Gasteiger charge is 2.25. The van der Waals surface area contributed by atoms with Crippen LogP contribution in [0.3, 0.4) is 0 Å². The van der Waals surface area contributed by atoms with Crippen LogP contribution in [0.5, 0.6) is 0 Å². The first-order valence-electron chi connectivity index (χ1n) is 6.16. The van der Waals surface area contributed by atoms with Crippen molar-refractivity contribution in [1.82, 2.24) is 10.2 Å².